The zero-order valence-electron chi connectivity index (χ0n) is 70.6. The first kappa shape index (κ1) is 99.1. The molecule has 0 bridgehead atoms. The lowest BCUT2D eigenvalue weighted by Gasteiger charge is -2.22. The number of amides is 6. The van der Waals surface area contributed by atoms with Gasteiger partial charge in [-0.2, -0.15) is 0 Å². The van der Waals surface area contributed by atoms with Gasteiger partial charge in [0.1, 0.15) is 38.2 Å². The van der Waals surface area contributed by atoms with Crippen molar-refractivity contribution in [3.05, 3.63) is 322 Å². The van der Waals surface area contributed by atoms with Gasteiger partial charge in [-0.3, -0.25) is 44.7 Å². The second kappa shape index (κ2) is 53.1. The minimum atomic E-state index is -0.861. The Labute approximate surface area is 731 Å². The third-order valence-electron chi connectivity index (χ3n) is 18.3. The number of hydrogen-bond donors (Lipinski definition) is 8. The number of anilines is 1. The van der Waals surface area contributed by atoms with E-state index < -0.39 is 63.3 Å². The molecule has 123 heavy (non-hydrogen) atoms. The van der Waals surface area contributed by atoms with E-state index in [0.717, 1.165) is 107 Å². The lowest BCUT2D eigenvalue weighted by atomic mass is 10.0. The molecule has 0 saturated carbocycles. The van der Waals surface area contributed by atoms with Crippen molar-refractivity contribution in [1.82, 2.24) is 51.8 Å². The number of methoxy groups -OCH3 is 3. The van der Waals surface area contributed by atoms with Crippen LogP contribution >= 0.6 is 45.3 Å². The molecule has 0 spiro atoms. The number of nitrogen functional groups attached to an aromatic ring is 1. The van der Waals surface area contributed by atoms with Crippen LogP contribution in [0.2, 0.25) is 0 Å². The van der Waals surface area contributed by atoms with Gasteiger partial charge in [0.2, 0.25) is 17.7 Å². The fourth-order valence-electron chi connectivity index (χ4n) is 11.8. The number of nitrogens with one attached hydrogen (secondary N) is 6. The molecule has 6 amide bonds. The van der Waals surface area contributed by atoms with Gasteiger partial charge in [0.05, 0.1) is 83.0 Å². The van der Waals surface area contributed by atoms with Crippen LogP contribution in [0.15, 0.2) is 210 Å². The average Bonchev–Trinajstić information content (AvgIpc) is 1.80. The maximum Gasteiger partial charge on any atom is 0.407 e. The van der Waals surface area contributed by atoms with Gasteiger partial charge >= 0.3 is 18.3 Å². The van der Waals surface area contributed by atoms with E-state index in [4.69, 9.17) is 25.7 Å². The number of nitrogens with zero attached hydrogens (tertiary/aromatic N) is 7. The second-order valence-corrected chi connectivity index (χ2v) is 30.4. The molecule has 7 aromatic carbocycles. The van der Waals surface area contributed by atoms with E-state index in [1.54, 1.807) is 47.7 Å². The minimum absolute atomic E-state index is 0.00273. The van der Waals surface area contributed by atoms with Crippen LogP contribution in [0.1, 0.15) is 161 Å². The number of rotatable bonds is 34. The van der Waals surface area contributed by atoms with Crippen LogP contribution in [-0.4, -0.2) is 110 Å². The summed E-state index contributed by atoms with van der Waals surface area (Å²) in [7, 11) is 3.76. The summed E-state index contributed by atoms with van der Waals surface area (Å²) in [5, 5.41) is 60.6. The molecule has 10 N–H and O–H groups in total. The molecule has 4 aromatic heterocycles. The summed E-state index contributed by atoms with van der Waals surface area (Å²) in [4.78, 5) is 125. The molecule has 0 aliphatic rings. The molecule has 4 heterocycles. The molecule has 11 aromatic rings. The number of non-ortho nitro benzene ring substituents is 3. The summed E-state index contributed by atoms with van der Waals surface area (Å²) < 4.78 is 14.1. The fraction of sp³-hybridized carbons (Fsp3) is 0.326. The SMILES string of the molecule is CC.CC.CCc1csc([C@@H](N)Cc2ccc([N+](=O)[O-])cc2)n1.CCc1csc([C@H](Cc2ccc(N)cc2)NC(=O)[C@H](Cc2ccccc2)NC(=O)OC)n1.CCc1csc([C@H](Cc2ccc([N+](=O)[O-])cc2)NC(=O)[C@H](Cc2ccccc2)NC(=O)OC)n1.CCc1csc([C@H](Cc2ccc([N+](=O)[O-])cc2)NC(=O)[C@H](Cc2ccccc2)NC(=O)OC)n1. The van der Waals surface area contributed by atoms with Crippen molar-refractivity contribution >= 4 is 104 Å². The number of hydrogen-bond acceptors (Lipinski definition) is 25. The molecular weight excluding hydrogens is 1650 g/mol. The Morgan fingerprint density at radius 2 is 0.569 bits per heavy atom. The minimum Gasteiger partial charge on any atom is -0.453 e. The zero-order valence-corrected chi connectivity index (χ0v) is 73.8. The number of nitro groups is 3. The topological polar surface area (TPSA) is 435 Å². The molecular formula is C89H107N15O15S4. The van der Waals surface area contributed by atoms with Gasteiger partial charge in [-0.25, -0.2) is 34.3 Å². The Kier molecular flexibility index (Phi) is 42.8. The number of nitrogens with two attached hydrogens (primary N) is 2. The number of benzene rings is 7. The van der Waals surface area contributed by atoms with Gasteiger partial charge < -0.3 is 57.6 Å². The number of aryl methyl sites for hydroxylation is 4. The van der Waals surface area contributed by atoms with Crippen molar-refractivity contribution in [2.24, 2.45) is 5.73 Å². The predicted octanol–water partition coefficient (Wildman–Crippen LogP) is 16.5. The van der Waals surface area contributed by atoms with Crippen molar-refractivity contribution in [2.75, 3.05) is 27.1 Å². The number of alkyl carbamates (subject to hydrolysis) is 3. The van der Waals surface area contributed by atoms with Crippen molar-refractivity contribution < 1.29 is 57.7 Å². The van der Waals surface area contributed by atoms with Crippen LogP contribution in [0, 0.1) is 30.3 Å². The van der Waals surface area contributed by atoms with E-state index in [1.807, 2.05) is 185 Å². The Balaban J connectivity index is 0.000000254. The molecule has 0 unspecified atom stereocenters. The molecule has 7 atom stereocenters. The number of nitro benzene ring substituents is 3. The third kappa shape index (κ3) is 33.6. The summed E-state index contributed by atoms with van der Waals surface area (Å²) >= 11 is 5.96. The highest BCUT2D eigenvalue weighted by Gasteiger charge is 2.31. The summed E-state index contributed by atoms with van der Waals surface area (Å²) in [6.45, 7) is 16.1. The summed E-state index contributed by atoms with van der Waals surface area (Å²) in [5.74, 6) is -1.06. The highest BCUT2D eigenvalue weighted by atomic mass is 32.1. The van der Waals surface area contributed by atoms with Gasteiger partial charge in [0.15, 0.2) is 0 Å². The Bertz CT molecular complexity index is 4890. The van der Waals surface area contributed by atoms with Gasteiger partial charge in [-0.05, 0) is 102 Å². The van der Waals surface area contributed by atoms with Crippen molar-refractivity contribution in [3.8, 4) is 0 Å². The standard InChI is InChI=1S/2C24H26N4O5S.C24H28N4O3S.C13H15N3O2S.2C2H6/c2*1-3-18-15-34-23(25-18)21(14-17-9-11-19(12-10-17)28(31)32)26-22(29)20(27-24(30)33-2)13-16-7-5-4-6-8-16;1-3-19-15-32-23(26-19)21(14-17-9-11-18(25)12-10-17)27-22(29)20(28-24(30)31-2)13-16-7-5-4-6-8-16;1-2-10-8-19-13(15-10)12(14)7-9-3-5-11(6-4-9)16(17)18;2*1-2/h2*4-12,15,20-21H,3,13-14H2,1-2H3,(H,26,29)(H,27,30);4-12,15,20-21H,3,13-14,25H2,1-2H3,(H,27,29)(H,28,30);3-6,8,12H,2,7,14H2,1H3;2*1-2H3/t3*20-,21-;12-;;/m0000../s1. The molecule has 0 aliphatic heterocycles. The van der Waals surface area contributed by atoms with Crippen LogP contribution in [-0.2, 0) is 99.2 Å². The van der Waals surface area contributed by atoms with Crippen molar-refractivity contribution in [3.63, 3.8) is 0 Å². The number of thiazole rings is 4. The first-order chi connectivity index (χ1) is 59.4. The van der Waals surface area contributed by atoms with E-state index in [0.29, 0.717) is 37.8 Å². The van der Waals surface area contributed by atoms with Crippen LogP contribution in [0.5, 0.6) is 0 Å². The summed E-state index contributed by atoms with van der Waals surface area (Å²) in [5.41, 5.74) is 22.9. The van der Waals surface area contributed by atoms with E-state index in [2.05, 4.69) is 58.8 Å². The third-order valence-corrected chi connectivity index (χ3v) is 22.4. The molecule has 0 fully saturated rings. The van der Waals surface area contributed by atoms with E-state index in [-0.39, 0.29) is 59.7 Å². The second-order valence-electron chi connectivity index (χ2n) is 26.9. The number of carbonyl (C=O) groups excluding carboxylic acids is 6. The Morgan fingerprint density at radius 3 is 0.805 bits per heavy atom. The number of ether oxygens (including phenoxy) is 3. The van der Waals surface area contributed by atoms with Gasteiger partial charge in [-0.1, -0.05) is 195 Å². The predicted molar refractivity (Wildman–Crippen MR) is 482 cm³/mol. The molecule has 30 nitrogen and oxygen atoms in total. The number of aromatic nitrogens is 4. The normalized spacial score (nSPS) is 12.1. The molecule has 0 saturated heterocycles. The van der Waals surface area contributed by atoms with E-state index in [1.165, 1.54) is 91.7 Å². The first-order valence-corrected chi connectivity index (χ1v) is 43.5. The largest absolute Gasteiger partial charge is 0.453 e. The maximum absolute atomic E-state index is 13.3. The van der Waals surface area contributed by atoms with Crippen molar-refractivity contribution in [1.29, 1.82) is 0 Å². The molecule has 0 radical (unpaired) electrons. The lowest BCUT2D eigenvalue weighted by molar-refractivity contribution is -0.385. The van der Waals surface area contributed by atoms with E-state index >= 15 is 0 Å². The zero-order chi connectivity index (χ0) is 89.8. The highest BCUT2D eigenvalue weighted by molar-refractivity contribution is 7.10. The summed E-state index contributed by atoms with van der Waals surface area (Å²) in [6.07, 6.45) is 4.05. The van der Waals surface area contributed by atoms with Crippen LogP contribution in [0.4, 0.5) is 37.1 Å². The number of carbonyl (C=O) groups is 6. The van der Waals surface area contributed by atoms with Gasteiger partial charge in [0.25, 0.3) is 17.1 Å². The van der Waals surface area contributed by atoms with Crippen molar-refractivity contribution in [2.45, 2.75) is 168 Å². The maximum atomic E-state index is 13.3. The summed E-state index contributed by atoms with van der Waals surface area (Å²) in [6, 6.07) is 50.7. The average molecular weight is 1760 g/mol. The molecule has 0 aliphatic carbocycles. The van der Waals surface area contributed by atoms with Crippen LogP contribution in [0.25, 0.3) is 0 Å². The highest BCUT2D eigenvalue weighted by Crippen LogP contribution is 2.29. The molecule has 652 valence electrons. The van der Waals surface area contributed by atoms with Crippen LogP contribution in [0.3, 0.4) is 0 Å². The lowest BCUT2D eigenvalue weighted by Crippen LogP contribution is -2.49. The Morgan fingerprint density at radius 1 is 0.341 bits per heavy atom. The van der Waals surface area contributed by atoms with Gasteiger partial charge in [-0.15, -0.1) is 45.3 Å². The van der Waals surface area contributed by atoms with Crippen LogP contribution < -0.4 is 43.4 Å². The monoisotopic (exact) mass is 1750 g/mol. The van der Waals surface area contributed by atoms with E-state index in [9.17, 15) is 59.1 Å². The molecule has 34 heteroatoms. The molecule has 11 rings (SSSR count). The first-order valence-electron chi connectivity index (χ1n) is 40.0. The smallest absolute Gasteiger partial charge is 0.407 e. The quantitative estimate of drug-likeness (QED) is 0.00803. The Hall–Kier alpha value is -12.8. The fourth-order valence-corrected chi connectivity index (χ4v) is 15.5. The van der Waals surface area contributed by atoms with Gasteiger partial charge in [0, 0.05) is 82.9 Å².